The van der Waals surface area contributed by atoms with E-state index in [1.807, 2.05) is 0 Å². The van der Waals surface area contributed by atoms with Crippen molar-refractivity contribution in [2.45, 2.75) is 19.5 Å². The molecule has 0 fully saturated rings. The first-order valence-corrected chi connectivity index (χ1v) is 4.22. The maximum Gasteiger partial charge on any atom is 0.348 e. The monoisotopic (exact) mass is 153 g/mol. The molecule has 9 heavy (non-hydrogen) atoms. The van der Waals surface area contributed by atoms with Crippen molar-refractivity contribution in [3.05, 3.63) is 0 Å². The molecule has 5 heteroatoms. The molecule has 0 aromatic carbocycles. The summed E-state index contributed by atoms with van der Waals surface area (Å²) in [6, 6.07) is 0. The molecule has 0 amide bonds. The van der Waals surface area contributed by atoms with Gasteiger partial charge in [-0.05, 0) is 0 Å². The Morgan fingerprint density at radius 1 is 1.56 bits per heavy atom. The van der Waals surface area contributed by atoms with Crippen molar-refractivity contribution in [3.63, 3.8) is 0 Å². The highest BCUT2D eigenvalue weighted by molar-refractivity contribution is 7.54. The number of hydrogen-bond donors (Lipinski definition) is 1. The third-order valence-electron chi connectivity index (χ3n) is 1.03. The van der Waals surface area contributed by atoms with Crippen molar-refractivity contribution in [3.8, 4) is 0 Å². The Kier molecular flexibility index (Phi) is 3.36. The second-order valence-electron chi connectivity index (χ2n) is 1.92. The van der Waals surface area contributed by atoms with Crippen LogP contribution in [-0.4, -0.2) is 12.8 Å². The average molecular weight is 153 g/mol. The van der Waals surface area contributed by atoms with Crippen LogP contribution in [0.1, 0.15) is 13.8 Å². The maximum absolute atomic E-state index is 11.1. The predicted molar refractivity (Wildman–Crippen MR) is 35.0 cm³/mol. The molecule has 1 atom stereocenters. The summed E-state index contributed by atoms with van der Waals surface area (Å²) in [5, 5.41) is 0. The molecule has 0 saturated carbocycles. The Morgan fingerprint density at radius 3 is 2.00 bits per heavy atom. The van der Waals surface area contributed by atoms with Crippen LogP contribution in [0.2, 0.25) is 0 Å². The van der Waals surface area contributed by atoms with Gasteiger partial charge in [0.05, 0.1) is 5.66 Å². The highest BCUT2D eigenvalue weighted by Crippen LogP contribution is 2.49. The molecule has 0 rings (SSSR count). The minimum absolute atomic E-state index is 0.188. The van der Waals surface area contributed by atoms with Crippen molar-refractivity contribution in [2.24, 2.45) is 5.90 Å². The fourth-order valence-electron chi connectivity index (χ4n) is 0.376. The Balaban J connectivity index is 4.11. The molecule has 0 aromatic heterocycles. The van der Waals surface area contributed by atoms with Gasteiger partial charge in [0, 0.05) is 7.11 Å². The zero-order valence-corrected chi connectivity index (χ0v) is 6.72. The minimum atomic E-state index is -2.98. The fraction of sp³-hybridized carbons (Fsp3) is 1.00. The standard InChI is InChI=1S/C4H12NO3P/c1-4(2)9(6,7-3)8-5/h4H,5H2,1-3H3. The molecule has 0 spiro atoms. The lowest BCUT2D eigenvalue weighted by Crippen LogP contribution is -2.07. The number of nitrogens with two attached hydrogens (primary N) is 1. The summed E-state index contributed by atoms with van der Waals surface area (Å²) in [6.07, 6.45) is 0. The summed E-state index contributed by atoms with van der Waals surface area (Å²) < 4.78 is 19.8. The van der Waals surface area contributed by atoms with E-state index < -0.39 is 7.60 Å². The van der Waals surface area contributed by atoms with Crippen LogP contribution in [0.15, 0.2) is 0 Å². The molecular weight excluding hydrogens is 141 g/mol. The smallest absolute Gasteiger partial charge is 0.311 e. The minimum Gasteiger partial charge on any atom is -0.311 e. The first kappa shape index (κ1) is 9.11. The highest BCUT2D eigenvalue weighted by Gasteiger charge is 2.26. The van der Waals surface area contributed by atoms with Gasteiger partial charge < -0.3 is 4.52 Å². The van der Waals surface area contributed by atoms with Gasteiger partial charge in [0.25, 0.3) is 0 Å². The lowest BCUT2D eigenvalue weighted by Gasteiger charge is -2.15. The summed E-state index contributed by atoms with van der Waals surface area (Å²) >= 11 is 0. The lowest BCUT2D eigenvalue weighted by atomic mass is 10.6. The van der Waals surface area contributed by atoms with E-state index in [1.165, 1.54) is 7.11 Å². The molecule has 0 aliphatic rings. The summed E-state index contributed by atoms with van der Waals surface area (Å²) in [5.41, 5.74) is -0.188. The van der Waals surface area contributed by atoms with Crippen LogP contribution >= 0.6 is 7.60 Å². The Morgan fingerprint density at radius 2 is 2.00 bits per heavy atom. The molecule has 0 aliphatic carbocycles. The van der Waals surface area contributed by atoms with Gasteiger partial charge in [-0.25, -0.2) is 10.5 Å². The van der Waals surface area contributed by atoms with Crippen molar-refractivity contribution in [1.29, 1.82) is 0 Å². The van der Waals surface area contributed by atoms with Crippen LogP contribution in [0, 0.1) is 0 Å². The third kappa shape index (κ3) is 2.06. The molecule has 0 bridgehead atoms. The molecule has 56 valence electrons. The van der Waals surface area contributed by atoms with Gasteiger partial charge in [-0.2, -0.15) is 0 Å². The third-order valence-corrected chi connectivity index (χ3v) is 3.10. The largest absolute Gasteiger partial charge is 0.348 e. The Labute approximate surface area is 54.8 Å². The van der Waals surface area contributed by atoms with Crippen molar-refractivity contribution in [2.75, 3.05) is 7.11 Å². The SMILES string of the molecule is COP(=O)(ON)C(C)C. The zero-order chi connectivity index (χ0) is 7.49. The number of hydrogen-bond acceptors (Lipinski definition) is 4. The summed E-state index contributed by atoms with van der Waals surface area (Å²) in [4.78, 5) is 0. The van der Waals surface area contributed by atoms with Crippen molar-refractivity contribution in [1.82, 2.24) is 0 Å². The summed E-state index contributed by atoms with van der Waals surface area (Å²) in [7, 11) is -1.66. The van der Waals surface area contributed by atoms with Gasteiger partial charge in [-0.3, -0.25) is 4.57 Å². The number of rotatable bonds is 3. The van der Waals surface area contributed by atoms with Crippen molar-refractivity contribution < 1.29 is 13.7 Å². The molecule has 0 radical (unpaired) electrons. The van der Waals surface area contributed by atoms with Crippen LogP contribution in [0.25, 0.3) is 0 Å². The average Bonchev–Trinajstić information content (AvgIpc) is 1.86. The molecular formula is C4H12NO3P. The van der Waals surface area contributed by atoms with Gasteiger partial charge in [-0.1, -0.05) is 13.8 Å². The first-order chi connectivity index (χ1) is 4.06. The second kappa shape index (κ2) is 3.32. The molecule has 0 aliphatic heterocycles. The van der Waals surface area contributed by atoms with E-state index >= 15 is 0 Å². The van der Waals surface area contributed by atoms with Gasteiger partial charge in [0.15, 0.2) is 0 Å². The zero-order valence-electron chi connectivity index (χ0n) is 5.83. The van der Waals surface area contributed by atoms with E-state index in [1.54, 1.807) is 13.8 Å². The molecule has 4 nitrogen and oxygen atoms in total. The Bertz CT molecular complexity index is 117. The van der Waals surface area contributed by atoms with Crippen molar-refractivity contribution >= 4 is 7.60 Å². The molecule has 0 saturated heterocycles. The molecule has 0 aromatic rings. The van der Waals surface area contributed by atoms with Gasteiger partial charge in [0.1, 0.15) is 0 Å². The van der Waals surface area contributed by atoms with E-state index in [0.717, 1.165) is 0 Å². The van der Waals surface area contributed by atoms with Crippen LogP contribution < -0.4 is 5.90 Å². The quantitative estimate of drug-likeness (QED) is 0.487. The fourth-order valence-corrected chi connectivity index (χ4v) is 1.13. The van der Waals surface area contributed by atoms with E-state index in [4.69, 9.17) is 5.90 Å². The first-order valence-electron chi connectivity index (χ1n) is 2.60. The lowest BCUT2D eigenvalue weighted by molar-refractivity contribution is 0.233. The molecule has 2 N–H and O–H groups in total. The van der Waals surface area contributed by atoms with Crippen LogP contribution in [0.4, 0.5) is 0 Å². The predicted octanol–water partition coefficient (Wildman–Crippen LogP) is 1.12. The van der Waals surface area contributed by atoms with E-state index in [2.05, 4.69) is 9.15 Å². The van der Waals surface area contributed by atoms with E-state index in [9.17, 15) is 4.57 Å². The molecule has 0 heterocycles. The van der Waals surface area contributed by atoms with Crippen LogP contribution in [0.3, 0.4) is 0 Å². The van der Waals surface area contributed by atoms with Crippen LogP contribution in [-0.2, 0) is 13.7 Å². The normalized spacial score (nSPS) is 17.9. The van der Waals surface area contributed by atoms with Gasteiger partial charge >= 0.3 is 7.60 Å². The van der Waals surface area contributed by atoms with E-state index in [-0.39, 0.29) is 5.66 Å². The molecule has 1 unspecified atom stereocenters. The highest BCUT2D eigenvalue weighted by atomic mass is 31.2. The Hall–Kier alpha value is 0.110. The second-order valence-corrected chi connectivity index (χ2v) is 4.61. The van der Waals surface area contributed by atoms with Crippen LogP contribution in [0.5, 0.6) is 0 Å². The maximum atomic E-state index is 11.1. The summed E-state index contributed by atoms with van der Waals surface area (Å²) in [6.45, 7) is 3.44. The van der Waals surface area contributed by atoms with Gasteiger partial charge in [0.2, 0.25) is 0 Å². The van der Waals surface area contributed by atoms with E-state index in [0.29, 0.717) is 0 Å². The summed E-state index contributed by atoms with van der Waals surface area (Å²) in [5.74, 6) is 4.73. The topological polar surface area (TPSA) is 61.5 Å². The van der Waals surface area contributed by atoms with Gasteiger partial charge in [-0.15, -0.1) is 0 Å².